The van der Waals surface area contributed by atoms with Gasteiger partial charge in [-0.25, -0.2) is 0 Å². The van der Waals surface area contributed by atoms with Crippen molar-refractivity contribution in [2.24, 2.45) is 29.2 Å². The van der Waals surface area contributed by atoms with Gasteiger partial charge in [-0.05, 0) is 68.6 Å². The molecule has 6 nitrogen and oxygen atoms in total. The summed E-state index contributed by atoms with van der Waals surface area (Å²) in [5.74, 6) is 0.507. The first-order valence-electron chi connectivity index (χ1n) is 10.3. The predicted octanol–water partition coefficient (Wildman–Crippen LogP) is 2.48. The van der Waals surface area contributed by atoms with Crippen molar-refractivity contribution in [2.45, 2.75) is 51.0 Å². The second kappa shape index (κ2) is 7.50. The molecule has 5 N–H and O–H groups in total. The molecule has 3 fully saturated rings. The summed E-state index contributed by atoms with van der Waals surface area (Å²) in [6, 6.07) is 5.63. The first-order chi connectivity index (χ1) is 13.0. The molecule has 27 heavy (non-hydrogen) atoms. The Balaban J connectivity index is 1.54. The van der Waals surface area contributed by atoms with E-state index in [2.05, 4.69) is 10.2 Å². The molecule has 2 aliphatic carbocycles. The number of nitrogens with two attached hydrogens (primary N) is 2. The van der Waals surface area contributed by atoms with E-state index in [0.29, 0.717) is 23.1 Å². The fraction of sp³-hybridized carbons (Fsp3) is 0.619. The molecule has 1 aromatic rings. The van der Waals surface area contributed by atoms with Crippen LogP contribution in [0, 0.1) is 17.8 Å². The molecule has 2 bridgehead atoms. The van der Waals surface area contributed by atoms with Crippen LogP contribution in [-0.4, -0.2) is 30.9 Å². The zero-order valence-corrected chi connectivity index (χ0v) is 15.8. The van der Waals surface area contributed by atoms with Gasteiger partial charge >= 0.3 is 0 Å². The van der Waals surface area contributed by atoms with E-state index >= 15 is 0 Å². The van der Waals surface area contributed by atoms with Crippen LogP contribution in [0.3, 0.4) is 0 Å². The van der Waals surface area contributed by atoms with Crippen LogP contribution in [0.2, 0.25) is 0 Å². The minimum Gasteiger partial charge on any atom is -0.370 e. The van der Waals surface area contributed by atoms with Gasteiger partial charge in [-0.1, -0.05) is 6.42 Å². The Morgan fingerprint density at radius 3 is 2.33 bits per heavy atom. The van der Waals surface area contributed by atoms with Crippen LogP contribution in [0.15, 0.2) is 18.2 Å². The van der Waals surface area contributed by atoms with Crippen LogP contribution >= 0.6 is 0 Å². The minimum atomic E-state index is -0.475. The van der Waals surface area contributed by atoms with Crippen LogP contribution in [0.4, 0.5) is 11.4 Å². The predicted molar refractivity (Wildman–Crippen MR) is 107 cm³/mol. The third-order valence-corrected chi connectivity index (χ3v) is 6.77. The molecule has 2 atom stereocenters. The lowest BCUT2D eigenvalue weighted by atomic mass is 9.65. The van der Waals surface area contributed by atoms with E-state index in [9.17, 15) is 9.59 Å². The van der Waals surface area contributed by atoms with Crippen molar-refractivity contribution in [1.82, 2.24) is 0 Å². The second-order valence-electron chi connectivity index (χ2n) is 8.48. The number of carbonyl (C=O) groups is 2. The quantitative estimate of drug-likeness (QED) is 0.758. The summed E-state index contributed by atoms with van der Waals surface area (Å²) in [7, 11) is 0. The number of benzene rings is 1. The van der Waals surface area contributed by atoms with Gasteiger partial charge in [0.05, 0.1) is 11.4 Å². The topological polar surface area (TPSA) is 101 Å². The standard InChI is InChI=1S/C21H30N4O2/c22-19-13-4-3-5-14(19)11-16(10-13)21(27)24-17-12-15(20(23)26)6-7-18(17)25-8-1-2-9-25/h6-7,12-14,16,19H,1-5,8-11,22H2,(H2,23,26)(H,24,27). The lowest BCUT2D eigenvalue weighted by Gasteiger charge is -2.43. The van der Waals surface area contributed by atoms with Crippen molar-refractivity contribution in [1.29, 1.82) is 0 Å². The number of rotatable bonds is 4. The molecule has 2 unspecified atom stereocenters. The van der Waals surface area contributed by atoms with E-state index in [1.165, 1.54) is 6.42 Å². The van der Waals surface area contributed by atoms with Crippen molar-refractivity contribution >= 4 is 23.2 Å². The number of anilines is 2. The molecule has 1 aliphatic heterocycles. The van der Waals surface area contributed by atoms with E-state index in [1.807, 2.05) is 6.07 Å². The van der Waals surface area contributed by atoms with E-state index in [1.54, 1.807) is 12.1 Å². The summed E-state index contributed by atoms with van der Waals surface area (Å²) >= 11 is 0. The summed E-state index contributed by atoms with van der Waals surface area (Å²) in [4.78, 5) is 27.0. The largest absolute Gasteiger partial charge is 0.370 e. The third kappa shape index (κ3) is 3.68. The van der Waals surface area contributed by atoms with Gasteiger partial charge in [0.15, 0.2) is 0 Å². The van der Waals surface area contributed by atoms with Gasteiger partial charge < -0.3 is 21.7 Å². The first kappa shape index (κ1) is 18.3. The van der Waals surface area contributed by atoms with Gasteiger partial charge in [0.2, 0.25) is 11.8 Å². The molecular weight excluding hydrogens is 340 g/mol. The van der Waals surface area contributed by atoms with E-state index in [4.69, 9.17) is 11.5 Å². The monoisotopic (exact) mass is 370 g/mol. The Bertz CT molecular complexity index is 715. The number of fused-ring (bicyclic) bond motifs is 2. The van der Waals surface area contributed by atoms with Crippen LogP contribution < -0.4 is 21.7 Å². The summed E-state index contributed by atoms with van der Waals surface area (Å²) in [5, 5.41) is 3.13. The molecular formula is C21H30N4O2. The summed E-state index contributed by atoms with van der Waals surface area (Å²) in [5.41, 5.74) is 13.9. The highest BCUT2D eigenvalue weighted by Crippen LogP contribution is 2.42. The number of nitrogens with zero attached hydrogens (tertiary/aromatic N) is 1. The molecule has 0 radical (unpaired) electrons. The average molecular weight is 370 g/mol. The Hall–Kier alpha value is -2.08. The number of amides is 2. The van der Waals surface area contributed by atoms with Crippen molar-refractivity contribution in [3.05, 3.63) is 23.8 Å². The number of hydrogen-bond acceptors (Lipinski definition) is 4. The van der Waals surface area contributed by atoms with Crippen LogP contribution in [0.25, 0.3) is 0 Å². The minimum absolute atomic E-state index is 0.00348. The molecule has 6 heteroatoms. The molecule has 4 rings (SSSR count). The fourth-order valence-corrected chi connectivity index (χ4v) is 5.26. The van der Waals surface area contributed by atoms with Gasteiger partial charge in [-0.15, -0.1) is 0 Å². The Morgan fingerprint density at radius 1 is 1.04 bits per heavy atom. The average Bonchev–Trinajstić information content (AvgIpc) is 3.15. The highest BCUT2D eigenvalue weighted by atomic mass is 16.2. The SMILES string of the molecule is NC(=O)c1ccc(N2CCCC2)c(NC(=O)C2CC3CCCC(C2)C3N)c1. The molecule has 2 amide bonds. The van der Waals surface area contributed by atoms with Gasteiger partial charge in [0.1, 0.15) is 0 Å². The van der Waals surface area contributed by atoms with E-state index < -0.39 is 5.91 Å². The summed E-state index contributed by atoms with van der Waals surface area (Å²) in [6.07, 6.45) is 7.55. The van der Waals surface area contributed by atoms with Crippen molar-refractivity contribution < 1.29 is 9.59 Å². The Morgan fingerprint density at radius 2 is 1.70 bits per heavy atom. The first-order valence-corrected chi connectivity index (χ1v) is 10.3. The lowest BCUT2D eigenvalue weighted by molar-refractivity contribution is -0.122. The molecule has 1 aromatic carbocycles. The molecule has 0 aromatic heterocycles. The number of hydrogen-bond donors (Lipinski definition) is 3. The maximum Gasteiger partial charge on any atom is 0.248 e. The Labute approximate surface area is 160 Å². The number of primary amides is 1. The van der Waals surface area contributed by atoms with E-state index in [0.717, 1.165) is 57.3 Å². The van der Waals surface area contributed by atoms with Gasteiger partial charge in [-0.3, -0.25) is 9.59 Å². The highest BCUT2D eigenvalue weighted by molar-refractivity contribution is 6.00. The van der Waals surface area contributed by atoms with Crippen molar-refractivity contribution in [3.8, 4) is 0 Å². The van der Waals surface area contributed by atoms with Crippen LogP contribution in [0.5, 0.6) is 0 Å². The normalized spacial score (nSPS) is 30.2. The van der Waals surface area contributed by atoms with Crippen molar-refractivity contribution in [2.75, 3.05) is 23.3 Å². The molecule has 146 valence electrons. The zero-order valence-electron chi connectivity index (χ0n) is 15.8. The summed E-state index contributed by atoms with van der Waals surface area (Å²) < 4.78 is 0. The van der Waals surface area contributed by atoms with Crippen LogP contribution in [-0.2, 0) is 4.79 Å². The molecule has 1 saturated heterocycles. The molecule has 2 saturated carbocycles. The molecule has 1 heterocycles. The van der Waals surface area contributed by atoms with Crippen molar-refractivity contribution in [3.63, 3.8) is 0 Å². The third-order valence-electron chi connectivity index (χ3n) is 6.77. The second-order valence-corrected chi connectivity index (χ2v) is 8.48. The Kier molecular flexibility index (Phi) is 5.08. The number of carbonyl (C=O) groups excluding carboxylic acids is 2. The maximum absolute atomic E-state index is 13.1. The van der Waals surface area contributed by atoms with Gasteiger partial charge in [-0.2, -0.15) is 0 Å². The van der Waals surface area contributed by atoms with Gasteiger partial charge in [0.25, 0.3) is 0 Å². The van der Waals surface area contributed by atoms with Crippen LogP contribution in [0.1, 0.15) is 55.3 Å². The molecule has 0 spiro atoms. The number of nitrogens with one attached hydrogen (secondary N) is 1. The smallest absolute Gasteiger partial charge is 0.248 e. The fourth-order valence-electron chi connectivity index (χ4n) is 5.26. The maximum atomic E-state index is 13.1. The lowest BCUT2D eigenvalue weighted by Crippen LogP contribution is -2.48. The summed E-state index contributed by atoms with van der Waals surface area (Å²) in [6.45, 7) is 1.95. The van der Waals surface area contributed by atoms with E-state index in [-0.39, 0.29) is 17.9 Å². The van der Waals surface area contributed by atoms with Gasteiger partial charge in [0, 0.05) is 30.6 Å². The highest BCUT2D eigenvalue weighted by Gasteiger charge is 2.40. The zero-order chi connectivity index (χ0) is 19.0. The molecule has 3 aliphatic rings.